The highest BCUT2D eigenvalue weighted by Crippen LogP contribution is 2.15. The predicted octanol–water partition coefficient (Wildman–Crippen LogP) is 2.94. The number of nitrogens with zero attached hydrogens (tertiary/aromatic N) is 1. The molecule has 0 spiro atoms. The monoisotopic (exact) mass is 175 g/mol. The van der Waals surface area contributed by atoms with E-state index in [2.05, 4.69) is 5.16 Å². The van der Waals surface area contributed by atoms with Gasteiger partial charge in [-0.1, -0.05) is 41.6 Å². The molecule has 0 aromatic heterocycles. The van der Waals surface area contributed by atoms with E-state index in [-0.39, 0.29) is 0 Å². The molecule has 0 aliphatic carbocycles. The Labute approximate surface area is 78.2 Å². The van der Waals surface area contributed by atoms with Crippen LogP contribution in [0.15, 0.2) is 41.6 Å². The third kappa shape index (κ3) is 2.18. The third-order valence-corrected chi connectivity index (χ3v) is 1.91. The van der Waals surface area contributed by atoms with Crippen molar-refractivity contribution in [2.45, 2.75) is 13.8 Å². The van der Waals surface area contributed by atoms with E-state index in [0.717, 1.165) is 11.1 Å². The minimum atomic E-state index is 0.633. The summed E-state index contributed by atoms with van der Waals surface area (Å²) in [6.07, 6.45) is 1.93. The summed E-state index contributed by atoms with van der Waals surface area (Å²) in [4.78, 5) is 0. The van der Waals surface area contributed by atoms with Crippen LogP contribution >= 0.6 is 0 Å². The Balaban J connectivity index is 3.07. The zero-order valence-corrected chi connectivity index (χ0v) is 7.86. The lowest BCUT2D eigenvalue weighted by Gasteiger charge is -2.04. The molecule has 0 saturated heterocycles. The van der Waals surface area contributed by atoms with E-state index in [0.29, 0.717) is 5.71 Å². The van der Waals surface area contributed by atoms with Gasteiger partial charge < -0.3 is 5.21 Å². The van der Waals surface area contributed by atoms with Gasteiger partial charge in [0.25, 0.3) is 0 Å². The van der Waals surface area contributed by atoms with E-state index in [1.807, 2.05) is 43.3 Å². The summed E-state index contributed by atoms with van der Waals surface area (Å²) in [6, 6.07) is 9.86. The molecule has 0 atom stereocenters. The Morgan fingerprint density at radius 1 is 1.31 bits per heavy atom. The van der Waals surface area contributed by atoms with Gasteiger partial charge in [0.1, 0.15) is 0 Å². The molecule has 0 bridgehead atoms. The zero-order chi connectivity index (χ0) is 9.68. The molecule has 1 aromatic rings. The predicted molar refractivity (Wildman–Crippen MR) is 55.0 cm³/mol. The second-order valence-electron chi connectivity index (χ2n) is 2.75. The molecule has 68 valence electrons. The van der Waals surface area contributed by atoms with Gasteiger partial charge in [0, 0.05) is 5.57 Å². The van der Waals surface area contributed by atoms with Crippen molar-refractivity contribution in [3.8, 4) is 0 Å². The summed E-state index contributed by atoms with van der Waals surface area (Å²) >= 11 is 0. The van der Waals surface area contributed by atoms with Crippen LogP contribution in [0.1, 0.15) is 19.4 Å². The number of benzene rings is 1. The van der Waals surface area contributed by atoms with Gasteiger partial charge in [-0.25, -0.2) is 0 Å². The Morgan fingerprint density at radius 3 is 2.38 bits per heavy atom. The average Bonchev–Trinajstić information content (AvgIpc) is 2.20. The zero-order valence-electron chi connectivity index (χ0n) is 7.86. The van der Waals surface area contributed by atoms with Crippen molar-refractivity contribution in [2.75, 3.05) is 0 Å². The van der Waals surface area contributed by atoms with Crippen molar-refractivity contribution in [3.63, 3.8) is 0 Å². The van der Waals surface area contributed by atoms with Crippen molar-refractivity contribution >= 4 is 11.3 Å². The summed E-state index contributed by atoms with van der Waals surface area (Å²) in [5, 5.41) is 11.8. The quantitative estimate of drug-likeness (QED) is 0.418. The van der Waals surface area contributed by atoms with Crippen LogP contribution in [0.25, 0.3) is 5.57 Å². The summed E-state index contributed by atoms with van der Waals surface area (Å²) in [7, 11) is 0. The molecule has 0 amide bonds. The molecule has 0 heterocycles. The minimum absolute atomic E-state index is 0.633. The summed E-state index contributed by atoms with van der Waals surface area (Å²) in [5.74, 6) is 0. The van der Waals surface area contributed by atoms with E-state index in [4.69, 9.17) is 5.21 Å². The maximum Gasteiger partial charge on any atom is 0.0839 e. The van der Waals surface area contributed by atoms with E-state index in [1.54, 1.807) is 6.92 Å². The fraction of sp³-hybridized carbons (Fsp3) is 0.182. The summed E-state index contributed by atoms with van der Waals surface area (Å²) < 4.78 is 0. The molecule has 0 saturated carbocycles. The van der Waals surface area contributed by atoms with Crippen molar-refractivity contribution in [1.82, 2.24) is 0 Å². The van der Waals surface area contributed by atoms with Gasteiger partial charge in [-0.05, 0) is 19.4 Å². The van der Waals surface area contributed by atoms with Gasteiger partial charge in [-0.15, -0.1) is 0 Å². The van der Waals surface area contributed by atoms with Crippen LogP contribution in [0.2, 0.25) is 0 Å². The first kappa shape index (κ1) is 9.52. The first-order valence-electron chi connectivity index (χ1n) is 4.20. The molecule has 0 aliphatic heterocycles. The van der Waals surface area contributed by atoms with Gasteiger partial charge in [0.15, 0.2) is 0 Å². The number of rotatable bonds is 2. The Morgan fingerprint density at radius 2 is 1.92 bits per heavy atom. The molecule has 13 heavy (non-hydrogen) atoms. The SMILES string of the molecule is C/C=C(/C(C)=N\O)c1ccccc1. The van der Waals surface area contributed by atoms with Gasteiger partial charge in [-0.3, -0.25) is 0 Å². The Kier molecular flexibility index (Phi) is 3.26. The lowest BCUT2D eigenvalue weighted by molar-refractivity contribution is 0.319. The van der Waals surface area contributed by atoms with Crippen LogP contribution in [-0.4, -0.2) is 10.9 Å². The molecule has 0 radical (unpaired) electrons. The van der Waals surface area contributed by atoms with Crippen molar-refractivity contribution in [1.29, 1.82) is 0 Å². The fourth-order valence-electron chi connectivity index (χ4n) is 1.26. The maximum atomic E-state index is 8.64. The molecular weight excluding hydrogens is 162 g/mol. The van der Waals surface area contributed by atoms with Crippen LogP contribution in [-0.2, 0) is 0 Å². The third-order valence-electron chi connectivity index (χ3n) is 1.91. The molecule has 0 unspecified atom stereocenters. The Bertz CT molecular complexity index is 325. The first-order valence-corrected chi connectivity index (χ1v) is 4.20. The second kappa shape index (κ2) is 4.45. The van der Waals surface area contributed by atoms with Gasteiger partial charge >= 0.3 is 0 Å². The van der Waals surface area contributed by atoms with Gasteiger partial charge in [-0.2, -0.15) is 0 Å². The van der Waals surface area contributed by atoms with Crippen LogP contribution in [0.5, 0.6) is 0 Å². The van der Waals surface area contributed by atoms with Crippen LogP contribution in [0.3, 0.4) is 0 Å². The maximum absolute atomic E-state index is 8.64. The van der Waals surface area contributed by atoms with Gasteiger partial charge in [0.05, 0.1) is 5.71 Å². The summed E-state index contributed by atoms with van der Waals surface area (Å²) in [6.45, 7) is 3.71. The molecule has 1 rings (SSSR count). The lowest BCUT2D eigenvalue weighted by Crippen LogP contribution is -1.96. The van der Waals surface area contributed by atoms with Gasteiger partial charge in [0.2, 0.25) is 0 Å². The molecule has 0 fully saturated rings. The number of allylic oxidation sites excluding steroid dienone is 2. The fourth-order valence-corrected chi connectivity index (χ4v) is 1.26. The number of oxime groups is 1. The Hall–Kier alpha value is -1.57. The normalized spacial score (nSPS) is 13.1. The van der Waals surface area contributed by atoms with Crippen LogP contribution in [0.4, 0.5) is 0 Å². The molecule has 1 N–H and O–H groups in total. The molecule has 0 aliphatic rings. The highest BCUT2D eigenvalue weighted by atomic mass is 16.4. The highest BCUT2D eigenvalue weighted by molar-refractivity contribution is 6.22. The van der Waals surface area contributed by atoms with Crippen LogP contribution < -0.4 is 0 Å². The standard InChI is InChI=1S/C11H13NO/c1-3-11(9(2)12-13)10-7-5-4-6-8-10/h3-8,13H,1-2H3/b11-3-,12-9-. The van der Waals surface area contributed by atoms with E-state index in [9.17, 15) is 0 Å². The average molecular weight is 175 g/mol. The lowest BCUT2D eigenvalue weighted by atomic mass is 10.0. The van der Waals surface area contributed by atoms with E-state index >= 15 is 0 Å². The first-order chi connectivity index (χ1) is 6.29. The number of hydrogen-bond donors (Lipinski definition) is 1. The van der Waals surface area contributed by atoms with E-state index in [1.165, 1.54) is 0 Å². The number of hydrogen-bond acceptors (Lipinski definition) is 2. The van der Waals surface area contributed by atoms with E-state index < -0.39 is 0 Å². The molecular formula is C11H13NO. The molecule has 1 aromatic carbocycles. The largest absolute Gasteiger partial charge is 0.411 e. The summed E-state index contributed by atoms with van der Waals surface area (Å²) in [5.41, 5.74) is 2.66. The minimum Gasteiger partial charge on any atom is -0.411 e. The molecule has 2 nitrogen and oxygen atoms in total. The van der Waals surface area contributed by atoms with Crippen molar-refractivity contribution in [3.05, 3.63) is 42.0 Å². The van der Waals surface area contributed by atoms with Crippen LogP contribution in [0, 0.1) is 0 Å². The van der Waals surface area contributed by atoms with Crippen molar-refractivity contribution < 1.29 is 5.21 Å². The van der Waals surface area contributed by atoms with Crippen molar-refractivity contribution in [2.24, 2.45) is 5.16 Å². The smallest absolute Gasteiger partial charge is 0.0839 e. The molecule has 2 heteroatoms. The topological polar surface area (TPSA) is 32.6 Å². The second-order valence-corrected chi connectivity index (χ2v) is 2.75. The highest BCUT2D eigenvalue weighted by Gasteiger charge is 2.02.